The Kier molecular flexibility index (Phi) is 5.11. The average molecular weight is 287 g/mol. The number of rotatable bonds is 6. The van der Waals surface area contributed by atoms with Gasteiger partial charge in [-0.1, -0.05) is 32.0 Å². The van der Waals surface area contributed by atoms with Crippen LogP contribution in [0.5, 0.6) is 0 Å². The highest BCUT2D eigenvalue weighted by Gasteiger charge is 2.12. The Morgan fingerprint density at radius 1 is 1.33 bits per heavy atom. The van der Waals surface area contributed by atoms with Crippen LogP contribution in [0.25, 0.3) is 5.69 Å². The number of hydrogen-bond donors (Lipinski definition) is 2. The Morgan fingerprint density at radius 2 is 2.05 bits per heavy atom. The second kappa shape index (κ2) is 7.04. The van der Waals surface area contributed by atoms with E-state index >= 15 is 0 Å². The summed E-state index contributed by atoms with van der Waals surface area (Å²) in [6.07, 6.45) is 3.36. The summed E-state index contributed by atoms with van der Waals surface area (Å²) in [5, 5.41) is 16.7. The topological polar surface area (TPSA) is 67.2 Å². The minimum Gasteiger partial charge on any atom is -0.391 e. The van der Waals surface area contributed by atoms with Gasteiger partial charge in [0.2, 0.25) is 0 Å². The van der Waals surface area contributed by atoms with E-state index in [1.165, 1.54) is 6.20 Å². The number of hydrogen-bond acceptors (Lipinski definition) is 3. The molecule has 2 aromatic rings. The number of carbonyl (C=O) groups excluding carboxylic acids is 1. The maximum Gasteiger partial charge on any atom is 0.254 e. The summed E-state index contributed by atoms with van der Waals surface area (Å²) < 4.78 is 1.65. The van der Waals surface area contributed by atoms with Crippen LogP contribution in [0.2, 0.25) is 0 Å². The van der Waals surface area contributed by atoms with Gasteiger partial charge in [-0.05, 0) is 24.5 Å². The van der Waals surface area contributed by atoms with Crippen molar-refractivity contribution < 1.29 is 9.90 Å². The largest absolute Gasteiger partial charge is 0.391 e. The highest BCUT2D eigenvalue weighted by molar-refractivity contribution is 5.93. The number of benzene rings is 1. The summed E-state index contributed by atoms with van der Waals surface area (Å²) in [6.45, 7) is 4.33. The molecular weight excluding hydrogens is 266 g/mol. The second-order valence-electron chi connectivity index (χ2n) is 5.50. The van der Waals surface area contributed by atoms with Crippen molar-refractivity contribution in [3.05, 3.63) is 48.3 Å². The monoisotopic (exact) mass is 287 g/mol. The number of carbonyl (C=O) groups is 1. The van der Waals surface area contributed by atoms with E-state index in [0.29, 0.717) is 17.9 Å². The van der Waals surface area contributed by atoms with E-state index in [9.17, 15) is 9.90 Å². The van der Waals surface area contributed by atoms with Crippen LogP contribution in [-0.2, 0) is 0 Å². The molecule has 112 valence electrons. The number of nitrogens with zero attached hydrogens (tertiary/aromatic N) is 2. The molecule has 1 aromatic heterocycles. The summed E-state index contributed by atoms with van der Waals surface area (Å²) in [5.41, 5.74) is 1.38. The van der Waals surface area contributed by atoms with Crippen molar-refractivity contribution in [2.75, 3.05) is 6.54 Å². The van der Waals surface area contributed by atoms with E-state index in [1.54, 1.807) is 10.9 Å². The Balaban J connectivity index is 1.93. The third-order valence-electron chi connectivity index (χ3n) is 3.11. The fourth-order valence-electron chi connectivity index (χ4n) is 2.10. The molecule has 0 aliphatic heterocycles. The van der Waals surface area contributed by atoms with Crippen molar-refractivity contribution in [2.45, 2.75) is 26.4 Å². The molecular formula is C16H21N3O2. The molecule has 1 heterocycles. The molecule has 21 heavy (non-hydrogen) atoms. The fraction of sp³-hybridized carbons (Fsp3) is 0.375. The summed E-state index contributed by atoms with van der Waals surface area (Å²) >= 11 is 0. The Morgan fingerprint density at radius 3 is 2.71 bits per heavy atom. The van der Waals surface area contributed by atoms with E-state index in [0.717, 1.165) is 5.69 Å². The summed E-state index contributed by atoms with van der Waals surface area (Å²) in [5.74, 6) is 0.178. The normalized spacial score (nSPS) is 12.4. The predicted octanol–water partition coefficient (Wildman–Crippen LogP) is 2.01. The maximum absolute atomic E-state index is 12.0. The first-order valence-corrected chi connectivity index (χ1v) is 7.12. The lowest BCUT2D eigenvalue weighted by Gasteiger charge is -2.13. The molecule has 2 rings (SSSR count). The second-order valence-corrected chi connectivity index (χ2v) is 5.50. The predicted molar refractivity (Wildman–Crippen MR) is 81.4 cm³/mol. The summed E-state index contributed by atoms with van der Waals surface area (Å²) in [6, 6.07) is 9.59. The molecule has 5 nitrogen and oxygen atoms in total. The van der Waals surface area contributed by atoms with Gasteiger partial charge in [0.1, 0.15) is 0 Å². The van der Waals surface area contributed by atoms with E-state index in [4.69, 9.17) is 0 Å². The van der Waals surface area contributed by atoms with Gasteiger partial charge in [0.05, 0.1) is 23.6 Å². The van der Waals surface area contributed by atoms with Crippen molar-refractivity contribution in [3.63, 3.8) is 0 Å². The lowest BCUT2D eigenvalue weighted by Crippen LogP contribution is -2.32. The van der Waals surface area contributed by atoms with E-state index in [1.807, 2.05) is 44.2 Å². The minimum absolute atomic E-state index is 0.222. The number of amides is 1. The molecule has 0 aliphatic carbocycles. The summed E-state index contributed by atoms with van der Waals surface area (Å²) in [7, 11) is 0. The molecule has 1 aromatic carbocycles. The fourth-order valence-corrected chi connectivity index (χ4v) is 2.10. The third kappa shape index (κ3) is 4.43. The van der Waals surface area contributed by atoms with Crippen molar-refractivity contribution >= 4 is 5.91 Å². The molecule has 0 spiro atoms. The zero-order valence-corrected chi connectivity index (χ0v) is 12.4. The molecule has 5 heteroatoms. The van der Waals surface area contributed by atoms with Crippen molar-refractivity contribution in [3.8, 4) is 5.69 Å². The number of aliphatic hydroxyl groups is 1. The van der Waals surface area contributed by atoms with Gasteiger partial charge in [0, 0.05) is 12.7 Å². The van der Waals surface area contributed by atoms with Crippen LogP contribution in [0.3, 0.4) is 0 Å². The molecule has 0 saturated heterocycles. The molecule has 0 bridgehead atoms. The zero-order chi connectivity index (χ0) is 15.2. The van der Waals surface area contributed by atoms with Gasteiger partial charge in [-0.3, -0.25) is 4.79 Å². The third-order valence-corrected chi connectivity index (χ3v) is 3.11. The molecule has 0 saturated carbocycles. The van der Waals surface area contributed by atoms with Crippen molar-refractivity contribution in [1.82, 2.24) is 15.1 Å². The molecule has 0 radical (unpaired) electrons. The SMILES string of the molecule is CC(C)CC(O)CNC(=O)c1cnn(-c2ccccc2)c1. The van der Waals surface area contributed by atoms with Crippen LogP contribution < -0.4 is 5.32 Å². The van der Waals surface area contributed by atoms with E-state index in [-0.39, 0.29) is 12.5 Å². The zero-order valence-electron chi connectivity index (χ0n) is 12.4. The number of aromatic nitrogens is 2. The lowest BCUT2D eigenvalue weighted by molar-refractivity contribution is 0.0900. The van der Waals surface area contributed by atoms with E-state index in [2.05, 4.69) is 10.4 Å². The van der Waals surface area contributed by atoms with Crippen LogP contribution in [-0.4, -0.2) is 33.4 Å². The highest BCUT2D eigenvalue weighted by atomic mass is 16.3. The van der Waals surface area contributed by atoms with Gasteiger partial charge in [0.15, 0.2) is 0 Å². The number of para-hydroxylation sites is 1. The van der Waals surface area contributed by atoms with Gasteiger partial charge in [0.25, 0.3) is 5.91 Å². The maximum atomic E-state index is 12.0. The first kappa shape index (κ1) is 15.3. The molecule has 0 aliphatic rings. The minimum atomic E-state index is -0.516. The quantitative estimate of drug-likeness (QED) is 0.854. The molecule has 1 atom stereocenters. The van der Waals surface area contributed by atoms with Crippen LogP contribution >= 0.6 is 0 Å². The van der Waals surface area contributed by atoms with Crippen LogP contribution in [0, 0.1) is 5.92 Å². The van der Waals surface area contributed by atoms with E-state index < -0.39 is 6.10 Å². The smallest absolute Gasteiger partial charge is 0.254 e. The number of aliphatic hydroxyl groups excluding tert-OH is 1. The average Bonchev–Trinajstić information content (AvgIpc) is 2.95. The Bertz CT molecular complexity index is 578. The van der Waals surface area contributed by atoms with Gasteiger partial charge < -0.3 is 10.4 Å². The van der Waals surface area contributed by atoms with Gasteiger partial charge in [-0.25, -0.2) is 4.68 Å². The van der Waals surface area contributed by atoms with Gasteiger partial charge in [-0.15, -0.1) is 0 Å². The van der Waals surface area contributed by atoms with Crippen molar-refractivity contribution in [1.29, 1.82) is 0 Å². The molecule has 0 fully saturated rings. The Hall–Kier alpha value is -2.14. The van der Waals surface area contributed by atoms with Crippen molar-refractivity contribution in [2.24, 2.45) is 5.92 Å². The number of nitrogens with one attached hydrogen (secondary N) is 1. The molecule has 2 N–H and O–H groups in total. The van der Waals surface area contributed by atoms with Crippen LogP contribution in [0.15, 0.2) is 42.7 Å². The highest BCUT2D eigenvalue weighted by Crippen LogP contribution is 2.08. The van der Waals surface area contributed by atoms with Gasteiger partial charge >= 0.3 is 0 Å². The lowest BCUT2D eigenvalue weighted by atomic mass is 10.1. The molecule has 1 unspecified atom stereocenters. The first-order valence-electron chi connectivity index (χ1n) is 7.12. The standard InChI is InChI=1S/C16H21N3O2/c1-12(2)8-15(20)10-17-16(21)13-9-18-19(11-13)14-6-4-3-5-7-14/h3-7,9,11-12,15,20H,8,10H2,1-2H3,(H,17,21). The van der Waals surface area contributed by atoms with Crippen LogP contribution in [0.1, 0.15) is 30.6 Å². The van der Waals surface area contributed by atoms with Gasteiger partial charge in [-0.2, -0.15) is 5.10 Å². The first-order chi connectivity index (χ1) is 10.1. The molecule has 1 amide bonds. The van der Waals surface area contributed by atoms with Crippen LogP contribution in [0.4, 0.5) is 0 Å². The summed E-state index contributed by atoms with van der Waals surface area (Å²) in [4.78, 5) is 12.0. The Labute approximate surface area is 124 Å².